The van der Waals surface area contributed by atoms with Gasteiger partial charge in [-0.2, -0.15) is 0 Å². The zero-order valence-corrected chi connectivity index (χ0v) is 11.7. The molecule has 0 spiro atoms. The van der Waals surface area contributed by atoms with Gasteiger partial charge in [-0.05, 0) is 32.1 Å². The van der Waals surface area contributed by atoms with Crippen molar-refractivity contribution in [1.82, 2.24) is 0 Å². The summed E-state index contributed by atoms with van der Waals surface area (Å²) in [6.07, 6.45) is 5.84. The Bertz CT molecular complexity index is 227. The Morgan fingerprint density at radius 3 is 2.40 bits per heavy atom. The van der Waals surface area contributed by atoms with Gasteiger partial charge in [0.2, 0.25) is 0 Å². The van der Waals surface area contributed by atoms with Crippen LogP contribution >= 0.6 is 0 Å². The first-order chi connectivity index (χ1) is 6.88. The maximum Gasteiger partial charge on any atom is 0.0686 e. The van der Waals surface area contributed by atoms with Gasteiger partial charge >= 0.3 is 0 Å². The van der Waals surface area contributed by atoms with Gasteiger partial charge in [0.05, 0.1) is 14.2 Å². The second kappa shape index (κ2) is 5.31. The molecule has 1 aliphatic carbocycles. The fraction of sp³-hybridized carbons (Fsp3) is 0.846. The Morgan fingerprint density at radius 1 is 1.27 bits per heavy atom. The summed E-state index contributed by atoms with van der Waals surface area (Å²) in [6, 6.07) is 0. The molecule has 1 fully saturated rings. The summed E-state index contributed by atoms with van der Waals surface area (Å²) in [5.74, 6) is 0.534. The van der Waals surface area contributed by atoms with Gasteiger partial charge in [0.15, 0.2) is 0 Å². The van der Waals surface area contributed by atoms with E-state index >= 15 is 0 Å². The maximum atomic E-state index is 9.90. The van der Waals surface area contributed by atoms with Gasteiger partial charge in [0, 0.05) is 0 Å². The monoisotopic (exact) mass is 226 g/mol. The van der Waals surface area contributed by atoms with Gasteiger partial charge in [0.25, 0.3) is 0 Å². The van der Waals surface area contributed by atoms with E-state index in [4.69, 9.17) is 0 Å². The van der Waals surface area contributed by atoms with E-state index in [1.165, 1.54) is 24.8 Å². The Balaban J connectivity index is 2.49. The van der Waals surface area contributed by atoms with Gasteiger partial charge in [-0.1, -0.05) is 43.8 Å². The molecule has 1 nitrogen and oxygen atoms in total. The Hall–Kier alpha value is -0.0831. The fourth-order valence-electron chi connectivity index (χ4n) is 2.64. The lowest BCUT2D eigenvalue weighted by atomic mass is 9.83. The van der Waals surface area contributed by atoms with Crippen molar-refractivity contribution < 1.29 is 5.11 Å². The summed E-state index contributed by atoms with van der Waals surface area (Å²) < 4.78 is 0. The predicted octanol–water partition coefficient (Wildman–Crippen LogP) is 3.75. The lowest BCUT2D eigenvalue weighted by Crippen LogP contribution is -2.25. The van der Waals surface area contributed by atoms with Crippen molar-refractivity contribution in [2.24, 2.45) is 5.92 Å². The van der Waals surface area contributed by atoms with E-state index in [0.29, 0.717) is 5.92 Å². The third-order valence-corrected chi connectivity index (χ3v) is 4.49. The fourth-order valence-corrected chi connectivity index (χ4v) is 4.23. The molecule has 0 bridgehead atoms. The zero-order chi connectivity index (χ0) is 11.5. The maximum absolute atomic E-state index is 9.90. The van der Waals surface area contributed by atoms with Crippen LogP contribution in [0.5, 0.6) is 0 Å². The van der Waals surface area contributed by atoms with E-state index in [2.05, 4.69) is 32.3 Å². The highest BCUT2D eigenvalue weighted by atomic mass is 28.3. The van der Waals surface area contributed by atoms with E-state index in [1.54, 1.807) is 0 Å². The topological polar surface area (TPSA) is 20.2 Å². The van der Waals surface area contributed by atoms with Crippen molar-refractivity contribution in [3.8, 4) is 0 Å². The first kappa shape index (κ1) is 13.0. The van der Waals surface area contributed by atoms with E-state index in [0.717, 1.165) is 12.8 Å². The number of aliphatic hydroxyl groups is 1. The number of allylic oxidation sites excluding steroid dienone is 1. The van der Waals surface area contributed by atoms with Crippen LogP contribution in [0.3, 0.4) is 0 Å². The van der Waals surface area contributed by atoms with Crippen LogP contribution < -0.4 is 0 Å². The molecule has 0 amide bonds. The minimum absolute atomic E-state index is 0.0382. The van der Waals surface area contributed by atoms with E-state index in [9.17, 15) is 5.11 Å². The SMILES string of the molecule is C/C(=C\[Si](C)(C)C)C[C@@H]1CCCC[C@H]1O. The summed E-state index contributed by atoms with van der Waals surface area (Å²) in [5, 5.41) is 9.90. The molecule has 88 valence electrons. The van der Waals surface area contributed by atoms with Gasteiger partial charge < -0.3 is 5.11 Å². The van der Waals surface area contributed by atoms with E-state index in [1.807, 2.05) is 0 Å². The highest BCUT2D eigenvalue weighted by Gasteiger charge is 2.23. The molecule has 2 atom stereocenters. The predicted molar refractivity (Wildman–Crippen MR) is 69.7 cm³/mol. The summed E-state index contributed by atoms with van der Waals surface area (Å²) in [7, 11) is -1.07. The van der Waals surface area contributed by atoms with Gasteiger partial charge in [-0.3, -0.25) is 0 Å². The minimum Gasteiger partial charge on any atom is -0.393 e. The van der Waals surface area contributed by atoms with Gasteiger partial charge in [0.1, 0.15) is 0 Å². The van der Waals surface area contributed by atoms with Crippen molar-refractivity contribution in [2.75, 3.05) is 0 Å². The molecule has 1 saturated carbocycles. The van der Waals surface area contributed by atoms with Crippen LogP contribution in [0, 0.1) is 5.92 Å². The van der Waals surface area contributed by atoms with Crippen molar-refractivity contribution in [3.05, 3.63) is 11.3 Å². The van der Waals surface area contributed by atoms with Crippen molar-refractivity contribution >= 4 is 8.07 Å². The smallest absolute Gasteiger partial charge is 0.0686 e. The summed E-state index contributed by atoms with van der Waals surface area (Å²) in [4.78, 5) is 0. The third-order valence-electron chi connectivity index (χ3n) is 3.13. The molecule has 0 unspecified atom stereocenters. The average molecular weight is 226 g/mol. The standard InChI is InChI=1S/C13H26OSi/c1-11(10-15(2,3)4)9-12-7-5-6-8-13(12)14/h10,12-14H,5-9H2,1-4H3/b11-10+/t12-,13+/m0/s1. The van der Waals surface area contributed by atoms with Crippen molar-refractivity contribution in [2.45, 2.75) is 64.8 Å². The molecule has 0 aliphatic heterocycles. The van der Waals surface area contributed by atoms with Gasteiger partial charge in [-0.15, -0.1) is 0 Å². The Kier molecular flexibility index (Phi) is 4.59. The Labute approximate surface area is 95.6 Å². The molecule has 0 heterocycles. The molecule has 15 heavy (non-hydrogen) atoms. The van der Waals surface area contributed by atoms with Crippen molar-refractivity contribution in [1.29, 1.82) is 0 Å². The van der Waals surface area contributed by atoms with Crippen LogP contribution in [0.25, 0.3) is 0 Å². The van der Waals surface area contributed by atoms with Crippen LogP contribution in [0.4, 0.5) is 0 Å². The number of hydrogen-bond acceptors (Lipinski definition) is 1. The molecule has 0 aromatic carbocycles. The van der Waals surface area contributed by atoms with Crippen LogP contribution in [0.15, 0.2) is 11.3 Å². The van der Waals surface area contributed by atoms with Crippen LogP contribution in [-0.4, -0.2) is 19.3 Å². The number of aliphatic hydroxyl groups excluding tert-OH is 1. The first-order valence-corrected chi connectivity index (χ1v) is 9.82. The highest BCUT2D eigenvalue weighted by Crippen LogP contribution is 2.29. The van der Waals surface area contributed by atoms with Crippen LogP contribution in [0.2, 0.25) is 19.6 Å². The molecule has 1 aliphatic rings. The number of rotatable bonds is 3. The van der Waals surface area contributed by atoms with E-state index in [-0.39, 0.29) is 6.10 Å². The molecule has 0 aromatic heterocycles. The number of hydrogen-bond donors (Lipinski definition) is 1. The normalized spacial score (nSPS) is 29.3. The minimum atomic E-state index is -1.07. The summed E-state index contributed by atoms with van der Waals surface area (Å²) >= 11 is 0. The zero-order valence-electron chi connectivity index (χ0n) is 10.7. The van der Waals surface area contributed by atoms with Crippen LogP contribution in [0.1, 0.15) is 39.0 Å². The molecular formula is C13H26OSi. The van der Waals surface area contributed by atoms with Crippen molar-refractivity contribution in [3.63, 3.8) is 0 Å². The van der Waals surface area contributed by atoms with Crippen LogP contribution in [-0.2, 0) is 0 Å². The second-order valence-electron chi connectivity index (χ2n) is 6.17. The van der Waals surface area contributed by atoms with E-state index < -0.39 is 8.07 Å². The molecule has 1 rings (SSSR count). The average Bonchev–Trinajstić information content (AvgIpc) is 2.05. The first-order valence-electron chi connectivity index (χ1n) is 6.25. The third kappa shape index (κ3) is 4.98. The largest absolute Gasteiger partial charge is 0.393 e. The second-order valence-corrected chi connectivity index (χ2v) is 11.2. The quantitative estimate of drug-likeness (QED) is 0.727. The molecule has 2 heteroatoms. The molecular weight excluding hydrogens is 200 g/mol. The summed E-state index contributed by atoms with van der Waals surface area (Å²) in [6.45, 7) is 9.34. The molecule has 0 aromatic rings. The van der Waals surface area contributed by atoms with Gasteiger partial charge in [-0.25, -0.2) is 0 Å². The Morgan fingerprint density at radius 2 is 1.87 bits per heavy atom. The molecule has 0 saturated heterocycles. The lowest BCUT2D eigenvalue weighted by Gasteiger charge is -2.28. The summed E-state index contributed by atoms with van der Waals surface area (Å²) in [5.41, 5.74) is 3.98. The molecule has 1 N–H and O–H groups in total. The molecule has 0 radical (unpaired) electrons. The lowest BCUT2D eigenvalue weighted by molar-refractivity contribution is 0.0700. The highest BCUT2D eigenvalue weighted by molar-refractivity contribution is 6.81.